The van der Waals surface area contributed by atoms with Crippen molar-refractivity contribution in [1.29, 1.82) is 0 Å². The molecule has 32 heavy (non-hydrogen) atoms. The average Bonchev–Trinajstić information content (AvgIpc) is 2.81. The quantitative estimate of drug-likeness (QED) is 0.194. The van der Waals surface area contributed by atoms with Gasteiger partial charge in [0.1, 0.15) is 0 Å². The summed E-state index contributed by atoms with van der Waals surface area (Å²) in [6.07, 6.45) is -4.64. The Balaban J connectivity index is 2.11. The van der Waals surface area contributed by atoms with E-state index in [0.717, 1.165) is 22.0 Å². The molecule has 0 bridgehead atoms. The maximum atomic E-state index is 14.0. The van der Waals surface area contributed by atoms with Gasteiger partial charge >= 0.3 is 193 Å². The standard InChI is InChI=1S/C26H20BrF4P/c27-32(22-10-4-1-5-11-22,23-12-6-2-7-13-23,24-14-8-3-9-15-24)19-20-16-17-21(28)18-25(20)26(29,30)31/h1-18H,19H2. The first-order valence-electron chi connectivity index (χ1n) is 9.99. The molecular weight excluding hydrogens is 499 g/mol. The van der Waals surface area contributed by atoms with Gasteiger partial charge in [-0.25, -0.2) is 0 Å². The molecule has 0 nitrogen and oxygen atoms in total. The van der Waals surface area contributed by atoms with Gasteiger partial charge in [0, 0.05) is 0 Å². The van der Waals surface area contributed by atoms with Crippen molar-refractivity contribution < 1.29 is 17.6 Å². The van der Waals surface area contributed by atoms with Crippen LogP contribution in [-0.2, 0) is 12.3 Å². The third kappa shape index (κ3) is 3.89. The number of halogens is 5. The van der Waals surface area contributed by atoms with E-state index < -0.39 is 22.9 Å². The molecule has 0 unspecified atom stereocenters. The van der Waals surface area contributed by atoms with E-state index in [4.69, 9.17) is 0 Å². The van der Waals surface area contributed by atoms with Crippen molar-refractivity contribution in [3.05, 3.63) is 126 Å². The zero-order chi connectivity index (χ0) is 22.8. The average molecular weight is 519 g/mol. The summed E-state index contributed by atoms with van der Waals surface area (Å²) in [6.45, 7) is 0. The Hall–Kier alpha value is -2.49. The zero-order valence-corrected chi connectivity index (χ0v) is 19.4. The van der Waals surface area contributed by atoms with Crippen LogP contribution in [0.2, 0.25) is 0 Å². The number of rotatable bonds is 5. The SMILES string of the molecule is Fc1ccc(CP(Br)(c2ccccc2)(c2ccccc2)c2ccccc2)c(C(F)(F)F)c1. The van der Waals surface area contributed by atoms with E-state index in [0.29, 0.717) is 6.07 Å². The van der Waals surface area contributed by atoms with Crippen LogP contribution in [0.15, 0.2) is 109 Å². The molecule has 4 rings (SSSR count). The molecule has 4 aromatic rings. The summed E-state index contributed by atoms with van der Waals surface area (Å²) in [5.41, 5.74) is -0.904. The van der Waals surface area contributed by atoms with Crippen LogP contribution in [-0.4, -0.2) is 0 Å². The third-order valence-electron chi connectivity index (χ3n) is 5.73. The van der Waals surface area contributed by atoms with Gasteiger partial charge < -0.3 is 0 Å². The topological polar surface area (TPSA) is 0 Å². The first kappa shape index (κ1) is 22.7. The van der Waals surface area contributed by atoms with E-state index in [2.05, 4.69) is 15.5 Å². The van der Waals surface area contributed by atoms with E-state index >= 15 is 0 Å². The van der Waals surface area contributed by atoms with Crippen LogP contribution >= 0.6 is 20.8 Å². The van der Waals surface area contributed by atoms with Crippen molar-refractivity contribution >= 4 is 36.7 Å². The summed E-state index contributed by atoms with van der Waals surface area (Å²) in [7, 11) is 0. The van der Waals surface area contributed by atoms with Crippen molar-refractivity contribution in [2.45, 2.75) is 12.3 Å². The molecule has 4 aromatic carbocycles. The van der Waals surface area contributed by atoms with E-state index in [1.165, 1.54) is 6.07 Å². The summed E-state index contributed by atoms with van der Waals surface area (Å²) in [5, 5.41) is -0.934. The van der Waals surface area contributed by atoms with Crippen LogP contribution in [0.5, 0.6) is 0 Å². The van der Waals surface area contributed by atoms with Crippen LogP contribution in [0.25, 0.3) is 0 Å². The van der Waals surface area contributed by atoms with Gasteiger partial charge in [-0.15, -0.1) is 0 Å². The van der Waals surface area contributed by atoms with Gasteiger partial charge in [0.2, 0.25) is 0 Å². The fourth-order valence-corrected chi connectivity index (χ4v) is 11.9. The van der Waals surface area contributed by atoms with Crippen molar-refractivity contribution in [1.82, 2.24) is 0 Å². The summed E-state index contributed by atoms with van der Waals surface area (Å²) in [5.74, 6) is -0.907. The van der Waals surface area contributed by atoms with Crippen LogP contribution in [0, 0.1) is 5.82 Å². The summed E-state index contributed by atoms with van der Waals surface area (Å²) in [6, 6.07) is 31.6. The Kier molecular flexibility index (Phi) is 6.00. The molecule has 164 valence electrons. The van der Waals surface area contributed by atoms with Crippen LogP contribution in [0.4, 0.5) is 17.6 Å². The molecule has 0 spiro atoms. The van der Waals surface area contributed by atoms with Crippen molar-refractivity contribution in [3.8, 4) is 0 Å². The number of benzene rings is 4. The van der Waals surface area contributed by atoms with Gasteiger partial charge in [-0.05, 0) is 0 Å². The number of alkyl halides is 3. The summed E-state index contributed by atoms with van der Waals surface area (Å²) < 4.78 is 55.8. The number of hydrogen-bond donors (Lipinski definition) is 0. The normalized spacial score (nSPS) is 13.3. The first-order valence-corrected chi connectivity index (χ1v) is 14.4. The van der Waals surface area contributed by atoms with E-state index in [-0.39, 0.29) is 11.7 Å². The molecular formula is C26H20BrF4P. The number of hydrogen-bond acceptors (Lipinski definition) is 0. The fourth-order valence-electron chi connectivity index (χ4n) is 4.21. The second-order valence-corrected chi connectivity index (χ2v) is 16.6. The first-order chi connectivity index (χ1) is 15.2. The molecule has 0 saturated heterocycles. The van der Waals surface area contributed by atoms with E-state index in [1.54, 1.807) is 0 Å². The maximum absolute atomic E-state index is 14.0. The van der Waals surface area contributed by atoms with Gasteiger partial charge in [-0.3, -0.25) is 0 Å². The monoisotopic (exact) mass is 518 g/mol. The molecule has 0 saturated carbocycles. The summed E-state index contributed by atoms with van der Waals surface area (Å²) >= 11 is 4.14. The summed E-state index contributed by atoms with van der Waals surface area (Å²) in [4.78, 5) is 0. The predicted molar refractivity (Wildman–Crippen MR) is 129 cm³/mol. The van der Waals surface area contributed by atoms with Gasteiger partial charge in [-0.2, -0.15) is 0 Å². The van der Waals surface area contributed by atoms with Gasteiger partial charge in [0.05, 0.1) is 0 Å². The molecule has 0 aliphatic rings. The van der Waals surface area contributed by atoms with Crippen LogP contribution < -0.4 is 15.9 Å². The molecule has 0 fully saturated rings. The van der Waals surface area contributed by atoms with E-state index in [1.807, 2.05) is 91.0 Å². The molecule has 0 aliphatic heterocycles. The van der Waals surface area contributed by atoms with Crippen molar-refractivity contribution in [3.63, 3.8) is 0 Å². The van der Waals surface area contributed by atoms with Crippen molar-refractivity contribution in [2.75, 3.05) is 0 Å². The third-order valence-corrected chi connectivity index (χ3v) is 15.2. The van der Waals surface area contributed by atoms with Crippen LogP contribution in [0.3, 0.4) is 0 Å². The van der Waals surface area contributed by atoms with Crippen molar-refractivity contribution in [2.24, 2.45) is 0 Å². The zero-order valence-electron chi connectivity index (χ0n) is 16.9. The Bertz CT molecular complexity index is 1110. The van der Waals surface area contributed by atoms with E-state index in [9.17, 15) is 17.6 Å². The molecule has 0 aliphatic carbocycles. The molecule has 0 atom stereocenters. The predicted octanol–water partition coefficient (Wildman–Crippen LogP) is 7.18. The minimum absolute atomic E-state index is 0.0404. The Morgan fingerprint density at radius 1 is 0.625 bits per heavy atom. The second-order valence-electron chi connectivity index (χ2n) is 7.65. The molecule has 6 heteroatoms. The molecule has 0 radical (unpaired) electrons. The second kappa shape index (κ2) is 8.46. The molecule has 0 aromatic heterocycles. The minimum atomic E-state index is -4.68. The molecule has 0 amide bonds. The van der Waals surface area contributed by atoms with Crippen LogP contribution in [0.1, 0.15) is 11.1 Å². The Labute approximate surface area is 192 Å². The molecule has 0 heterocycles. The van der Waals surface area contributed by atoms with Gasteiger partial charge in [-0.1, -0.05) is 0 Å². The molecule has 0 N–H and O–H groups in total. The van der Waals surface area contributed by atoms with Gasteiger partial charge in [0.25, 0.3) is 0 Å². The Morgan fingerprint density at radius 2 is 1.03 bits per heavy atom. The Morgan fingerprint density at radius 3 is 1.41 bits per heavy atom. The fraction of sp³-hybridized carbons (Fsp3) is 0.0769. The van der Waals surface area contributed by atoms with Gasteiger partial charge in [0.15, 0.2) is 0 Å².